The summed E-state index contributed by atoms with van der Waals surface area (Å²) < 4.78 is 0. The molecule has 0 heterocycles. The molecule has 0 bridgehead atoms. The van der Waals surface area contributed by atoms with Crippen LogP contribution in [-0.4, -0.2) is 18.7 Å². The van der Waals surface area contributed by atoms with Crippen LogP contribution in [0.15, 0.2) is 24.3 Å². The molecular formula is C14H22Br2Si. The fraction of sp³-hybridized carbons (Fsp3) is 0.571. The van der Waals surface area contributed by atoms with E-state index in [1.165, 1.54) is 17.2 Å². The van der Waals surface area contributed by atoms with E-state index in [-0.39, 0.29) is 5.41 Å². The number of aryl methyl sites for hydroxylation is 1. The lowest BCUT2D eigenvalue weighted by atomic mass is 9.84. The third kappa shape index (κ3) is 3.93. The first kappa shape index (κ1) is 15.5. The molecular weight excluding hydrogens is 356 g/mol. The zero-order chi connectivity index (χ0) is 13.1. The maximum atomic E-state index is 3.75. The van der Waals surface area contributed by atoms with E-state index in [1.807, 2.05) is 0 Å². The van der Waals surface area contributed by atoms with Crippen LogP contribution in [0.25, 0.3) is 0 Å². The van der Waals surface area contributed by atoms with Crippen LogP contribution >= 0.6 is 31.9 Å². The van der Waals surface area contributed by atoms with E-state index in [0.717, 1.165) is 10.7 Å². The van der Waals surface area contributed by atoms with E-state index in [2.05, 4.69) is 82.7 Å². The maximum absolute atomic E-state index is 3.75. The van der Waals surface area contributed by atoms with Crippen molar-refractivity contribution < 1.29 is 0 Å². The molecule has 0 spiro atoms. The van der Waals surface area contributed by atoms with Gasteiger partial charge >= 0.3 is 0 Å². The highest BCUT2D eigenvalue weighted by Crippen LogP contribution is 2.38. The molecule has 0 nitrogen and oxygen atoms in total. The molecule has 96 valence electrons. The van der Waals surface area contributed by atoms with Gasteiger partial charge in [-0.25, -0.2) is 0 Å². The Morgan fingerprint density at radius 1 is 1.06 bits per heavy atom. The van der Waals surface area contributed by atoms with E-state index in [0.29, 0.717) is 0 Å². The Morgan fingerprint density at radius 3 is 2.00 bits per heavy atom. The Bertz CT molecular complexity index is 365. The smallest absolute Gasteiger partial charge is 0.0452 e. The van der Waals surface area contributed by atoms with E-state index < -0.39 is 8.07 Å². The summed E-state index contributed by atoms with van der Waals surface area (Å²) in [4.78, 5) is 0. The molecule has 0 aromatic heterocycles. The summed E-state index contributed by atoms with van der Waals surface area (Å²) in [6.45, 7) is 9.57. The van der Waals surface area contributed by atoms with Gasteiger partial charge in [0.15, 0.2) is 0 Å². The minimum absolute atomic E-state index is 0.246. The molecule has 0 aliphatic heterocycles. The first-order valence-corrected chi connectivity index (χ1v) is 12.0. The Morgan fingerprint density at radius 2 is 1.59 bits per heavy atom. The maximum Gasteiger partial charge on any atom is 0.0452 e. The number of halogens is 2. The lowest BCUT2D eigenvalue weighted by molar-refractivity contribution is 0.607. The highest BCUT2D eigenvalue weighted by Gasteiger charge is 2.36. The van der Waals surface area contributed by atoms with Crippen LogP contribution in [0.5, 0.6) is 0 Å². The first-order valence-electron chi connectivity index (χ1n) is 6.03. The lowest BCUT2D eigenvalue weighted by Crippen LogP contribution is -2.39. The first-order chi connectivity index (χ1) is 7.84. The Labute approximate surface area is 123 Å². The topological polar surface area (TPSA) is 0 Å². The average molecular weight is 378 g/mol. The zero-order valence-electron chi connectivity index (χ0n) is 11.2. The fourth-order valence-corrected chi connectivity index (χ4v) is 7.68. The van der Waals surface area contributed by atoms with Gasteiger partial charge in [-0.15, -0.1) is 0 Å². The van der Waals surface area contributed by atoms with Crippen LogP contribution < -0.4 is 0 Å². The van der Waals surface area contributed by atoms with Crippen molar-refractivity contribution in [2.45, 2.75) is 38.0 Å². The van der Waals surface area contributed by atoms with Gasteiger partial charge in [0, 0.05) is 24.1 Å². The van der Waals surface area contributed by atoms with Gasteiger partial charge in [0.2, 0.25) is 0 Å². The van der Waals surface area contributed by atoms with E-state index in [1.54, 1.807) is 0 Å². The predicted octanol–water partition coefficient (Wildman–Crippen LogP) is 5.36. The van der Waals surface area contributed by atoms with Gasteiger partial charge in [-0.05, 0) is 24.1 Å². The van der Waals surface area contributed by atoms with Crippen LogP contribution in [-0.2, 0) is 5.41 Å². The number of benzene rings is 1. The van der Waals surface area contributed by atoms with Crippen molar-refractivity contribution in [2.75, 3.05) is 10.7 Å². The number of hydrogen-bond acceptors (Lipinski definition) is 0. The van der Waals surface area contributed by atoms with Crippen LogP contribution in [0.3, 0.4) is 0 Å². The SMILES string of the molecule is Cc1ccccc1C(CBr)(CBr)C[Si](C)(C)C. The highest BCUT2D eigenvalue weighted by atomic mass is 79.9. The van der Waals surface area contributed by atoms with Gasteiger partial charge in [-0.2, -0.15) is 0 Å². The largest absolute Gasteiger partial charge is 0.0918 e. The van der Waals surface area contributed by atoms with Gasteiger partial charge in [0.1, 0.15) is 0 Å². The quantitative estimate of drug-likeness (QED) is 0.478. The second-order valence-electron chi connectivity index (χ2n) is 6.10. The summed E-state index contributed by atoms with van der Waals surface area (Å²) in [5.74, 6) is 0. The van der Waals surface area contributed by atoms with Crippen molar-refractivity contribution in [3.05, 3.63) is 35.4 Å². The molecule has 0 unspecified atom stereocenters. The summed E-state index contributed by atoms with van der Waals surface area (Å²) in [6, 6.07) is 10.1. The van der Waals surface area contributed by atoms with Crippen molar-refractivity contribution in [2.24, 2.45) is 0 Å². The second-order valence-corrected chi connectivity index (χ2v) is 12.7. The monoisotopic (exact) mass is 376 g/mol. The molecule has 0 saturated carbocycles. The summed E-state index contributed by atoms with van der Waals surface area (Å²) in [6.07, 6.45) is 0. The van der Waals surface area contributed by atoms with Crippen LogP contribution in [0.4, 0.5) is 0 Å². The third-order valence-corrected chi connectivity index (χ3v) is 6.98. The van der Waals surface area contributed by atoms with Gasteiger partial charge < -0.3 is 0 Å². The summed E-state index contributed by atoms with van der Waals surface area (Å²) in [7, 11) is -1.10. The molecule has 0 amide bonds. The Kier molecular flexibility index (Phi) is 5.48. The Balaban J connectivity index is 3.20. The molecule has 0 radical (unpaired) electrons. The molecule has 0 saturated heterocycles. The molecule has 1 aromatic carbocycles. The molecule has 3 heteroatoms. The summed E-state index contributed by atoms with van der Waals surface area (Å²) >= 11 is 7.50. The predicted molar refractivity (Wildman–Crippen MR) is 88.6 cm³/mol. The molecule has 0 N–H and O–H groups in total. The molecule has 0 atom stereocenters. The molecule has 0 fully saturated rings. The zero-order valence-corrected chi connectivity index (χ0v) is 15.4. The molecule has 0 aliphatic rings. The second kappa shape index (κ2) is 6.03. The Hall–Kier alpha value is 0.397. The van der Waals surface area contributed by atoms with Gasteiger partial charge in [-0.3, -0.25) is 0 Å². The average Bonchev–Trinajstić information content (AvgIpc) is 2.25. The standard InChI is InChI=1S/C14H22Br2Si/c1-12-7-5-6-8-13(12)14(9-15,10-16)11-17(2,3)4/h5-8H,9-11H2,1-4H3. The van der Waals surface area contributed by atoms with Crippen LogP contribution in [0, 0.1) is 6.92 Å². The molecule has 0 aliphatic carbocycles. The minimum atomic E-state index is -1.10. The third-order valence-electron chi connectivity index (χ3n) is 3.10. The van der Waals surface area contributed by atoms with Gasteiger partial charge in [-0.1, -0.05) is 75.8 Å². The summed E-state index contributed by atoms with van der Waals surface area (Å²) in [5, 5.41) is 2.06. The molecule has 17 heavy (non-hydrogen) atoms. The fourth-order valence-electron chi connectivity index (χ4n) is 2.55. The number of hydrogen-bond donors (Lipinski definition) is 0. The van der Waals surface area contributed by atoms with Crippen molar-refractivity contribution in [1.82, 2.24) is 0 Å². The summed E-state index contributed by atoms with van der Waals surface area (Å²) in [5.41, 5.74) is 3.15. The van der Waals surface area contributed by atoms with Crippen LogP contribution in [0.2, 0.25) is 25.7 Å². The van der Waals surface area contributed by atoms with Crippen molar-refractivity contribution in [1.29, 1.82) is 0 Å². The van der Waals surface area contributed by atoms with Gasteiger partial charge in [0.25, 0.3) is 0 Å². The molecule has 1 aromatic rings. The van der Waals surface area contributed by atoms with Crippen molar-refractivity contribution in [3.8, 4) is 0 Å². The normalized spacial score (nSPS) is 12.8. The van der Waals surface area contributed by atoms with Crippen LogP contribution in [0.1, 0.15) is 11.1 Å². The number of rotatable bonds is 5. The van der Waals surface area contributed by atoms with Gasteiger partial charge in [0.05, 0.1) is 0 Å². The van der Waals surface area contributed by atoms with Crippen molar-refractivity contribution in [3.63, 3.8) is 0 Å². The van der Waals surface area contributed by atoms with E-state index >= 15 is 0 Å². The minimum Gasteiger partial charge on any atom is -0.0918 e. The van der Waals surface area contributed by atoms with E-state index in [4.69, 9.17) is 0 Å². The van der Waals surface area contributed by atoms with E-state index in [9.17, 15) is 0 Å². The van der Waals surface area contributed by atoms with Crippen molar-refractivity contribution >= 4 is 39.9 Å². The lowest BCUT2D eigenvalue weighted by Gasteiger charge is -2.37. The number of alkyl halides is 2. The molecule has 1 rings (SSSR count). The highest BCUT2D eigenvalue weighted by molar-refractivity contribution is 9.09.